The van der Waals surface area contributed by atoms with E-state index in [4.69, 9.17) is 0 Å². The molecule has 4 rings (SSSR count). The zero-order valence-electron chi connectivity index (χ0n) is 16.3. The van der Waals surface area contributed by atoms with Crippen LogP contribution < -0.4 is 5.56 Å². The minimum Gasteiger partial charge on any atom is -0.308 e. The van der Waals surface area contributed by atoms with Crippen molar-refractivity contribution in [3.05, 3.63) is 52.1 Å². The van der Waals surface area contributed by atoms with E-state index in [2.05, 4.69) is 20.3 Å². The van der Waals surface area contributed by atoms with E-state index < -0.39 is 10.0 Å². The topological polar surface area (TPSA) is 114 Å². The number of hydrogen-bond acceptors (Lipinski definition) is 6. The third kappa shape index (κ3) is 4.08. The molecule has 0 spiro atoms. The van der Waals surface area contributed by atoms with Crippen molar-refractivity contribution in [1.82, 2.24) is 29.3 Å². The van der Waals surface area contributed by atoms with Crippen molar-refractivity contribution in [1.29, 1.82) is 0 Å². The molecule has 9 nitrogen and oxygen atoms in total. The molecular weight excluding hydrogens is 392 g/mol. The van der Waals surface area contributed by atoms with Gasteiger partial charge in [-0.3, -0.25) is 4.79 Å². The summed E-state index contributed by atoms with van der Waals surface area (Å²) in [6, 6.07) is 9.75. The van der Waals surface area contributed by atoms with Crippen LogP contribution in [0.15, 0.2) is 35.1 Å². The number of hydrogen-bond donors (Lipinski definition) is 1. The van der Waals surface area contributed by atoms with Crippen molar-refractivity contribution in [3.63, 3.8) is 0 Å². The minimum atomic E-state index is -3.28. The Morgan fingerprint density at radius 3 is 2.79 bits per heavy atom. The quantitative estimate of drug-likeness (QED) is 0.651. The third-order valence-corrected chi connectivity index (χ3v) is 7.24. The molecule has 1 aliphatic heterocycles. The molecule has 1 atom stereocenters. The van der Waals surface area contributed by atoms with E-state index in [1.165, 1.54) is 4.31 Å². The number of sulfonamides is 1. The normalized spacial score (nSPS) is 18.3. The molecule has 1 saturated heterocycles. The van der Waals surface area contributed by atoms with Crippen LogP contribution in [0.1, 0.15) is 43.5 Å². The van der Waals surface area contributed by atoms with Crippen LogP contribution in [0.25, 0.3) is 11.2 Å². The molecule has 1 aromatic carbocycles. The summed E-state index contributed by atoms with van der Waals surface area (Å²) in [6.07, 6.45) is 2.08. The molecule has 3 heterocycles. The van der Waals surface area contributed by atoms with Crippen LogP contribution in [0, 0.1) is 0 Å². The lowest BCUT2D eigenvalue weighted by Crippen LogP contribution is -2.41. The molecule has 2 aromatic heterocycles. The van der Waals surface area contributed by atoms with Gasteiger partial charge in [-0.1, -0.05) is 42.5 Å². The van der Waals surface area contributed by atoms with Gasteiger partial charge >= 0.3 is 0 Å². The molecule has 0 bridgehead atoms. The molecular formula is C19H24N6O3S. The largest absolute Gasteiger partial charge is 0.308 e. The van der Waals surface area contributed by atoms with Crippen LogP contribution >= 0.6 is 0 Å². The predicted molar refractivity (Wildman–Crippen MR) is 109 cm³/mol. The van der Waals surface area contributed by atoms with E-state index >= 15 is 0 Å². The van der Waals surface area contributed by atoms with Crippen molar-refractivity contribution in [2.45, 2.75) is 38.6 Å². The Bertz CT molecular complexity index is 1160. The molecule has 154 valence electrons. The maximum atomic E-state index is 12.5. The average molecular weight is 417 g/mol. The van der Waals surface area contributed by atoms with Crippen LogP contribution in [-0.2, 0) is 16.6 Å². The van der Waals surface area contributed by atoms with Crippen molar-refractivity contribution in [3.8, 4) is 0 Å². The highest BCUT2D eigenvalue weighted by atomic mass is 32.2. The van der Waals surface area contributed by atoms with Crippen LogP contribution in [0.4, 0.5) is 0 Å². The monoisotopic (exact) mass is 416 g/mol. The average Bonchev–Trinajstić information content (AvgIpc) is 3.12. The van der Waals surface area contributed by atoms with Gasteiger partial charge < -0.3 is 4.98 Å². The second kappa shape index (κ2) is 8.03. The second-order valence-electron chi connectivity index (χ2n) is 7.37. The standard InChI is InChI=1S/C19H24N6O3S/c1-2-11-29(27,28)24-10-6-9-15(13-24)17-20-18-16(19(26)21-17)22-23-25(18)12-14-7-4-3-5-8-14/h3-5,7-8,15H,2,6,9-13H2,1H3,(H,20,21,26). The highest BCUT2D eigenvalue weighted by molar-refractivity contribution is 7.89. The van der Waals surface area contributed by atoms with E-state index in [1.807, 2.05) is 37.3 Å². The third-order valence-electron chi connectivity index (χ3n) is 5.19. The molecule has 0 amide bonds. The lowest BCUT2D eigenvalue weighted by atomic mass is 9.99. The highest BCUT2D eigenvalue weighted by Crippen LogP contribution is 2.26. The van der Waals surface area contributed by atoms with Crippen LogP contribution in [0.3, 0.4) is 0 Å². The number of nitrogens with one attached hydrogen (secondary N) is 1. The van der Waals surface area contributed by atoms with Crippen molar-refractivity contribution in [2.75, 3.05) is 18.8 Å². The Labute approximate surface area is 168 Å². The van der Waals surface area contributed by atoms with Gasteiger partial charge in [-0.05, 0) is 24.8 Å². The first-order chi connectivity index (χ1) is 14.0. The Hall–Kier alpha value is -2.59. The van der Waals surface area contributed by atoms with Gasteiger partial charge in [0, 0.05) is 19.0 Å². The number of piperidine rings is 1. The Morgan fingerprint density at radius 2 is 2.03 bits per heavy atom. The Kier molecular flexibility index (Phi) is 5.46. The lowest BCUT2D eigenvalue weighted by molar-refractivity contribution is 0.309. The summed E-state index contributed by atoms with van der Waals surface area (Å²) in [5.74, 6) is 0.472. The fourth-order valence-corrected chi connectivity index (χ4v) is 5.33. The summed E-state index contributed by atoms with van der Waals surface area (Å²) in [6.45, 7) is 3.15. The number of rotatable bonds is 6. The van der Waals surface area contributed by atoms with Gasteiger partial charge in [-0.15, -0.1) is 5.10 Å². The maximum absolute atomic E-state index is 12.5. The maximum Gasteiger partial charge on any atom is 0.281 e. The first-order valence-corrected chi connectivity index (χ1v) is 11.4. The van der Waals surface area contributed by atoms with Crippen LogP contribution in [-0.4, -0.2) is 56.5 Å². The molecule has 29 heavy (non-hydrogen) atoms. The molecule has 0 saturated carbocycles. The highest BCUT2D eigenvalue weighted by Gasteiger charge is 2.30. The van der Waals surface area contributed by atoms with Gasteiger partial charge in [0.15, 0.2) is 11.2 Å². The van der Waals surface area contributed by atoms with Crippen molar-refractivity contribution >= 4 is 21.2 Å². The molecule has 1 fully saturated rings. The summed E-state index contributed by atoms with van der Waals surface area (Å²) in [4.78, 5) is 20.0. The molecule has 0 aliphatic carbocycles. The summed E-state index contributed by atoms with van der Waals surface area (Å²) >= 11 is 0. The fourth-order valence-electron chi connectivity index (χ4n) is 3.74. The number of H-pyrrole nitrogens is 1. The lowest BCUT2D eigenvalue weighted by Gasteiger charge is -2.31. The van der Waals surface area contributed by atoms with Gasteiger partial charge in [0.25, 0.3) is 5.56 Å². The summed E-state index contributed by atoms with van der Waals surface area (Å²) < 4.78 is 28.1. The van der Waals surface area contributed by atoms with Crippen LogP contribution in [0.5, 0.6) is 0 Å². The van der Waals surface area contributed by atoms with E-state index in [-0.39, 0.29) is 22.7 Å². The zero-order chi connectivity index (χ0) is 20.4. The van der Waals surface area contributed by atoms with E-state index in [9.17, 15) is 13.2 Å². The molecule has 0 radical (unpaired) electrons. The van der Waals surface area contributed by atoms with Gasteiger partial charge in [-0.25, -0.2) is 22.4 Å². The van der Waals surface area contributed by atoms with E-state index in [1.54, 1.807) is 4.68 Å². The fraction of sp³-hybridized carbons (Fsp3) is 0.474. The second-order valence-corrected chi connectivity index (χ2v) is 9.46. The van der Waals surface area contributed by atoms with Gasteiger partial charge in [-0.2, -0.15) is 0 Å². The van der Waals surface area contributed by atoms with Gasteiger partial charge in [0.2, 0.25) is 10.0 Å². The summed E-state index contributed by atoms with van der Waals surface area (Å²) in [7, 11) is -3.28. The first kappa shape index (κ1) is 19.7. The number of benzene rings is 1. The van der Waals surface area contributed by atoms with Gasteiger partial charge in [0.1, 0.15) is 5.82 Å². The molecule has 1 unspecified atom stereocenters. The number of fused-ring (bicyclic) bond motifs is 1. The van der Waals surface area contributed by atoms with Gasteiger partial charge in [0.05, 0.1) is 12.3 Å². The Balaban J connectivity index is 1.66. The molecule has 1 aliphatic rings. The van der Waals surface area contributed by atoms with Crippen LogP contribution in [0.2, 0.25) is 0 Å². The van der Waals surface area contributed by atoms with E-state index in [0.717, 1.165) is 18.4 Å². The van der Waals surface area contributed by atoms with E-state index in [0.29, 0.717) is 37.5 Å². The smallest absolute Gasteiger partial charge is 0.281 e. The van der Waals surface area contributed by atoms with Crippen molar-refractivity contribution < 1.29 is 8.42 Å². The predicted octanol–water partition coefficient (Wildman–Crippen LogP) is 1.48. The number of aromatic nitrogens is 5. The number of aromatic amines is 1. The number of nitrogens with zero attached hydrogens (tertiary/aromatic N) is 5. The summed E-state index contributed by atoms with van der Waals surface area (Å²) in [5.41, 5.74) is 1.28. The molecule has 1 N–H and O–H groups in total. The SMILES string of the molecule is CCCS(=O)(=O)N1CCCC(c2nc3c(nnn3Cc3ccccc3)c(=O)[nH]2)C1. The molecule has 3 aromatic rings. The minimum absolute atomic E-state index is 0.135. The zero-order valence-corrected chi connectivity index (χ0v) is 17.1. The molecule has 10 heteroatoms. The first-order valence-electron chi connectivity index (χ1n) is 9.83. The Morgan fingerprint density at radius 1 is 1.24 bits per heavy atom. The van der Waals surface area contributed by atoms with Crippen molar-refractivity contribution in [2.24, 2.45) is 0 Å². The summed E-state index contributed by atoms with van der Waals surface area (Å²) in [5, 5.41) is 8.07.